The Morgan fingerprint density at radius 3 is 2.43 bits per heavy atom. The van der Waals surface area contributed by atoms with Crippen molar-refractivity contribution in [2.45, 2.75) is 70.9 Å². The maximum Gasteiger partial charge on any atom is 0.326 e. The molecule has 11 heteroatoms. The van der Waals surface area contributed by atoms with Gasteiger partial charge in [0.2, 0.25) is 5.91 Å². The first-order chi connectivity index (χ1) is 14.1. The highest BCUT2D eigenvalue weighted by molar-refractivity contribution is 6.11. The van der Waals surface area contributed by atoms with Gasteiger partial charge in [0.05, 0.1) is 12.2 Å². The van der Waals surface area contributed by atoms with E-state index < -0.39 is 30.0 Å². The van der Waals surface area contributed by atoms with Crippen molar-refractivity contribution in [2.75, 3.05) is 19.6 Å². The maximum atomic E-state index is 12.6. The molecule has 6 atom stereocenters. The van der Waals surface area contributed by atoms with E-state index in [1.54, 1.807) is 0 Å². The molecule has 2 aliphatic heterocycles. The van der Waals surface area contributed by atoms with Gasteiger partial charge in [0, 0.05) is 29.9 Å². The number of nitrogens with zero attached hydrogens (tertiary/aromatic N) is 4. The van der Waals surface area contributed by atoms with Crippen LogP contribution in [0, 0.1) is 17.8 Å². The third-order valence-corrected chi connectivity index (χ3v) is 5.63. The molecule has 0 spiro atoms. The van der Waals surface area contributed by atoms with E-state index in [0.29, 0.717) is 18.8 Å². The summed E-state index contributed by atoms with van der Waals surface area (Å²) in [6.07, 6.45) is 0.00360. The SMILES string of the molecule is [B]C1CC(C(C)C)C(CN(CC(=O)OC2CC([B])OC2C(C)C)C(=O)CN=[N+]=[N-])O1. The molecule has 4 radical (unpaired) electrons. The zero-order valence-corrected chi connectivity index (χ0v) is 18.1. The molecule has 0 aliphatic carbocycles. The van der Waals surface area contributed by atoms with E-state index in [1.165, 1.54) is 4.90 Å². The van der Waals surface area contributed by atoms with Crippen LogP contribution in [0.4, 0.5) is 0 Å². The monoisotopic (exact) mass is 416 g/mol. The Bertz CT molecular complexity index is 659. The van der Waals surface area contributed by atoms with Crippen molar-refractivity contribution in [1.29, 1.82) is 0 Å². The summed E-state index contributed by atoms with van der Waals surface area (Å²) in [7, 11) is 11.8. The second-order valence-electron chi connectivity index (χ2n) is 8.67. The smallest absolute Gasteiger partial charge is 0.326 e. The van der Waals surface area contributed by atoms with E-state index in [9.17, 15) is 9.59 Å². The van der Waals surface area contributed by atoms with E-state index in [1.807, 2.05) is 13.8 Å². The fourth-order valence-corrected chi connectivity index (χ4v) is 4.12. The topological polar surface area (TPSA) is 114 Å². The Balaban J connectivity index is 2.06. The van der Waals surface area contributed by atoms with Gasteiger partial charge in [0.1, 0.15) is 34.9 Å². The van der Waals surface area contributed by atoms with E-state index >= 15 is 0 Å². The Hall–Kier alpha value is -1.70. The molecule has 1 amide bonds. The molecule has 2 saturated heterocycles. The molecule has 6 unspecified atom stereocenters. The van der Waals surface area contributed by atoms with Crippen molar-refractivity contribution in [3.8, 4) is 0 Å². The minimum absolute atomic E-state index is 0.124. The quantitative estimate of drug-likeness (QED) is 0.186. The third-order valence-electron chi connectivity index (χ3n) is 5.63. The number of carbonyl (C=O) groups excluding carboxylic acids is 2. The molecule has 0 aromatic carbocycles. The van der Waals surface area contributed by atoms with Gasteiger partial charge in [-0.3, -0.25) is 9.59 Å². The lowest BCUT2D eigenvalue weighted by Gasteiger charge is -2.29. The molecule has 162 valence electrons. The van der Waals surface area contributed by atoms with Crippen LogP contribution in [0.5, 0.6) is 0 Å². The van der Waals surface area contributed by atoms with Crippen molar-refractivity contribution in [1.82, 2.24) is 4.90 Å². The fourth-order valence-electron chi connectivity index (χ4n) is 4.12. The molecule has 2 heterocycles. The van der Waals surface area contributed by atoms with Gasteiger partial charge in [-0.05, 0) is 29.7 Å². The van der Waals surface area contributed by atoms with Crippen LogP contribution in [0.15, 0.2) is 5.11 Å². The summed E-state index contributed by atoms with van der Waals surface area (Å²) in [6, 6.07) is -0.898. The summed E-state index contributed by atoms with van der Waals surface area (Å²) < 4.78 is 17.0. The van der Waals surface area contributed by atoms with Gasteiger partial charge in [-0.1, -0.05) is 32.8 Å². The van der Waals surface area contributed by atoms with Crippen LogP contribution in [0.25, 0.3) is 10.4 Å². The molecule has 0 aromatic heterocycles. The predicted octanol–water partition coefficient (Wildman–Crippen LogP) is 1.53. The summed E-state index contributed by atoms with van der Waals surface area (Å²) in [5, 5.41) is 3.33. The highest BCUT2D eigenvalue weighted by atomic mass is 16.6. The Labute approximate surface area is 180 Å². The number of rotatable bonds is 9. The standard InChI is InChI=1S/C19H30B2N4O5/c1-10(2)12-5-15(20)28-14(12)8-25(17(26)7-23-24-22)9-18(27)29-13-6-16(21)30-19(13)11(3)4/h10-16,19H,5-9H2,1-4H3. The van der Waals surface area contributed by atoms with Gasteiger partial charge >= 0.3 is 5.97 Å². The van der Waals surface area contributed by atoms with Crippen LogP contribution in [-0.4, -0.2) is 82.4 Å². The lowest BCUT2D eigenvalue weighted by atomic mass is 9.84. The predicted molar refractivity (Wildman–Crippen MR) is 112 cm³/mol. The summed E-state index contributed by atoms with van der Waals surface area (Å²) in [6.45, 7) is 7.55. The van der Waals surface area contributed by atoms with Gasteiger partial charge in [-0.25, -0.2) is 0 Å². The molecule has 0 bridgehead atoms. The molecular weight excluding hydrogens is 386 g/mol. The van der Waals surface area contributed by atoms with E-state index in [0.717, 1.165) is 0 Å². The molecule has 0 aromatic rings. The first-order valence-corrected chi connectivity index (χ1v) is 10.4. The van der Waals surface area contributed by atoms with Crippen LogP contribution >= 0.6 is 0 Å². The summed E-state index contributed by atoms with van der Waals surface area (Å²) in [5.41, 5.74) is 8.54. The van der Waals surface area contributed by atoms with E-state index in [4.69, 9.17) is 35.4 Å². The van der Waals surface area contributed by atoms with Gasteiger partial charge in [-0.15, -0.1) is 0 Å². The summed E-state index contributed by atoms with van der Waals surface area (Å²) in [5.74, 6) is -0.470. The van der Waals surface area contributed by atoms with Crippen LogP contribution in [0.1, 0.15) is 40.5 Å². The van der Waals surface area contributed by atoms with Crippen LogP contribution in [0.2, 0.25) is 0 Å². The lowest BCUT2D eigenvalue weighted by molar-refractivity contribution is -0.157. The molecule has 9 nitrogen and oxygen atoms in total. The van der Waals surface area contributed by atoms with Crippen LogP contribution in [0.3, 0.4) is 0 Å². The summed E-state index contributed by atoms with van der Waals surface area (Å²) >= 11 is 0. The minimum Gasteiger partial charge on any atom is -0.458 e. The van der Waals surface area contributed by atoms with Gasteiger partial charge in [-0.2, -0.15) is 0 Å². The number of hydrogen-bond acceptors (Lipinski definition) is 6. The number of hydrogen-bond donors (Lipinski definition) is 0. The molecule has 2 aliphatic rings. The van der Waals surface area contributed by atoms with Crippen LogP contribution in [-0.2, 0) is 23.8 Å². The normalized spacial score (nSPS) is 31.0. The molecule has 2 rings (SSSR count). The highest BCUT2D eigenvalue weighted by Crippen LogP contribution is 2.32. The summed E-state index contributed by atoms with van der Waals surface area (Å²) in [4.78, 5) is 29.1. The Morgan fingerprint density at radius 2 is 1.83 bits per heavy atom. The second kappa shape index (κ2) is 11.1. The van der Waals surface area contributed by atoms with Crippen molar-refractivity contribution in [3.63, 3.8) is 0 Å². The maximum absolute atomic E-state index is 12.6. The van der Waals surface area contributed by atoms with Gasteiger partial charge in [0.25, 0.3) is 0 Å². The number of azide groups is 1. The Morgan fingerprint density at radius 1 is 1.17 bits per heavy atom. The first-order valence-electron chi connectivity index (χ1n) is 10.4. The number of esters is 1. The molecular formula is C19H30B2N4O5. The molecule has 0 N–H and O–H groups in total. The minimum atomic E-state index is -0.568. The largest absolute Gasteiger partial charge is 0.458 e. The van der Waals surface area contributed by atoms with Crippen LogP contribution < -0.4 is 0 Å². The van der Waals surface area contributed by atoms with E-state index in [2.05, 4.69) is 23.9 Å². The van der Waals surface area contributed by atoms with Crippen molar-refractivity contribution in [2.24, 2.45) is 22.9 Å². The average molecular weight is 416 g/mol. The number of carbonyl (C=O) groups is 2. The van der Waals surface area contributed by atoms with Gasteiger partial charge in [0.15, 0.2) is 0 Å². The van der Waals surface area contributed by atoms with Crippen molar-refractivity contribution in [3.05, 3.63) is 10.4 Å². The zero-order valence-electron chi connectivity index (χ0n) is 18.1. The number of ether oxygens (including phenoxy) is 3. The van der Waals surface area contributed by atoms with Crippen molar-refractivity contribution >= 4 is 27.6 Å². The Kier molecular flexibility index (Phi) is 9.07. The lowest BCUT2D eigenvalue weighted by Crippen LogP contribution is -2.45. The third kappa shape index (κ3) is 6.65. The zero-order chi connectivity index (χ0) is 22.4. The highest BCUT2D eigenvalue weighted by Gasteiger charge is 2.39. The molecule has 0 saturated carbocycles. The fraction of sp³-hybridized carbons (Fsp3) is 0.895. The molecule has 2 fully saturated rings. The first kappa shape index (κ1) is 24.6. The number of amides is 1. The van der Waals surface area contributed by atoms with Gasteiger partial charge < -0.3 is 19.1 Å². The average Bonchev–Trinajstić information content (AvgIpc) is 3.21. The van der Waals surface area contributed by atoms with Crippen molar-refractivity contribution < 1.29 is 23.8 Å². The molecule has 30 heavy (non-hydrogen) atoms. The second-order valence-corrected chi connectivity index (χ2v) is 8.67. The van der Waals surface area contributed by atoms with E-state index in [-0.39, 0.29) is 43.7 Å².